The molecule has 12 heavy (non-hydrogen) atoms. The number of allylic oxidation sites excluding steroid dienone is 6. The zero-order chi connectivity index (χ0) is 8.40. The van der Waals surface area contributed by atoms with Gasteiger partial charge in [0.1, 0.15) is 0 Å². The van der Waals surface area contributed by atoms with Crippen LogP contribution in [-0.2, 0) is 0 Å². The van der Waals surface area contributed by atoms with E-state index < -0.39 is 0 Å². The fraction of sp³-hybridized carbons (Fsp3) is 0.500. The third kappa shape index (κ3) is 0.450. The molecule has 3 rings (SSSR count). The van der Waals surface area contributed by atoms with Crippen molar-refractivity contribution >= 4 is 0 Å². The molecule has 0 heterocycles. The smallest absolute Gasteiger partial charge is 0.0163 e. The topological polar surface area (TPSA) is 0 Å². The van der Waals surface area contributed by atoms with Gasteiger partial charge < -0.3 is 0 Å². The van der Waals surface area contributed by atoms with Crippen molar-refractivity contribution in [2.45, 2.75) is 26.7 Å². The summed E-state index contributed by atoms with van der Waals surface area (Å²) in [4.78, 5) is 0. The van der Waals surface area contributed by atoms with Gasteiger partial charge in [0.15, 0.2) is 0 Å². The van der Waals surface area contributed by atoms with E-state index in [-0.39, 0.29) is 0 Å². The summed E-state index contributed by atoms with van der Waals surface area (Å²) < 4.78 is 0. The van der Waals surface area contributed by atoms with Gasteiger partial charge in [0.05, 0.1) is 0 Å². The Bertz CT molecular complexity index is 343. The molecule has 0 amide bonds. The molecule has 3 aliphatic rings. The van der Waals surface area contributed by atoms with Gasteiger partial charge in [-0.05, 0) is 12.8 Å². The fourth-order valence-corrected chi connectivity index (χ4v) is 3.11. The zero-order valence-corrected chi connectivity index (χ0v) is 7.72. The van der Waals surface area contributed by atoms with Crippen molar-refractivity contribution in [3.63, 3.8) is 0 Å². The van der Waals surface area contributed by atoms with E-state index in [0.717, 1.165) is 0 Å². The maximum Gasteiger partial charge on any atom is 0.0163 e. The van der Waals surface area contributed by atoms with Crippen molar-refractivity contribution in [3.05, 3.63) is 35.5 Å². The SMILES string of the molecule is C[C@@]12C=CC[C@@]1(C)C1=CC=C2C1. The van der Waals surface area contributed by atoms with Crippen molar-refractivity contribution in [1.29, 1.82) is 0 Å². The van der Waals surface area contributed by atoms with Crippen LogP contribution in [0.2, 0.25) is 0 Å². The summed E-state index contributed by atoms with van der Waals surface area (Å²) in [6, 6.07) is 0. The van der Waals surface area contributed by atoms with E-state index in [1.807, 2.05) is 0 Å². The lowest BCUT2D eigenvalue weighted by Gasteiger charge is -2.37. The fourth-order valence-electron chi connectivity index (χ4n) is 3.11. The molecule has 0 nitrogen and oxygen atoms in total. The largest absolute Gasteiger partial charge is 0.0867 e. The monoisotopic (exact) mass is 158 g/mol. The maximum absolute atomic E-state index is 2.42. The number of hydrogen-bond acceptors (Lipinski definition) is 0. The third-order valence-corrected chi connectivity index (χ3v) is 4.37. The molecule has 0 N–H and O–H groups in total. The van der Waals surface area contributed by atoms with E-state index in [1.165, 1.54) is 12.8 Å². The lowest BCUT2D eigenvalue weighted by atomic mass is 9.66. The first kappa shape index (κ1) is 6.71. The van der Waals surface area contributed by atoms with Crippen LogP contribution in [0.25, 0.3) is 0 Å². The molecule has 0 unspecified atom stereocenters. The molecule has 2 atom stereocenters. The highest BCUT2D eigenvalue weighted by molar-refractivity contribution is 5.53. The van der Waals surface area contributed by atoms with Crippen LogP contribution in [0.5, 0.6) is 0 Å². The molecule has 0 radical (unpaired) electrons. The van der Waals surface area contributed by atoms with E-state index in [1.54, 1.807) is 11.1 Å². The Morgan fingerprint density at radius 2 is 1.92 bits per heavy atom. The lowest BCUT2D eigenvalue weighted by molar-refractivity contribution is 0.265. The lowest BCUT2D eigenvalue weighted by Crippen LogP contribution is -2.30. The van der Waals surface area contributed by atoms with Gasteiger partial charge in [-0.15, -0.1) is 0 Å². The van der Waals surface area contributed by atoms with E-state index in [2.05, 4.69) is 38.2 Å². The first-order valence-electron chi connectivity index (χ1n) is 4.75. The Morgan fingerprint density at radius 1 is 1.17 bits per heavy atom. The molecule has 62 valence electrons. The summed E-state index contributed by atoms with van der Waals surface area (Å²) in [5.74, 6) is 0. The van der Waals surface area contributed by atoms with Crippen molar-refractivity contribution in [2.75, 3.05) is 0 Å². The van der Waals surface area contributed by atoms with Crippen molar-refractivity contribution in [2.24, 2.45) is 10.8 Å². The van der Waals surface area contributed by atoms with Crippen LogP contribution in [0, 0.1) is 10.8 Å². The average molecular weight is 158 g/mol. The van der Waals surface area contributed by atoms with Gasteiger partial charge >= 0.3 is 0 Å². The van der Waals surface area contributed by atoms with Gasteiger partial charge in [0, 0.05) is 10.8 Å². The number of hydrogen-bond donors (Lipinski definition) is 0. The molecule has 2 bridgehead atoms. The summed E-state index contributed by atoms with van der Waals surface area (Å²) in [7, 11) is 0. The summed E-state index contributed by atoms with van der Waals surface area (Å²) in [6.45, 7) is 4.81. The quantitative estimate of drug-likeness (QED) is 0.475. The van der Waals surface area contributed by atoms with Crippen LogP contribution in [-0.4, -0.2) is 0 Å². The van der Waals surface area contributed by atoms with Gasteiger partial charge in [-0.25, -0.2) is 0 Å². The van der Waals surface area contributed by atoms with Crippen LogP contribution in [0.3, 0.4) is 0 Å². The Balaban J connectivity index is 2.27. The highest BCUT2D eigenvalue weighted by atomic mass is 14.6. The second kappa shape index (κ2) is 1.61. The maximum atomic E-state index is 2.42. The molecule has 0 heteroatoms. The normalized spacial score (nSPS) is 47.8. The summed E-state index contributed by atoms with van der Waals surface area (Å²) in [6.07, 6.45) is 11.9. The van der Waals surface area contributed by atoms with Gasteiger partial charge in [-0.2, -0.15) is 0 Å². The molecule has 0 aliphatic heterocycles. The van der Waals surface area contributed by atoms with E-state index in [0.29, 0.717) is 10.8 Å². The second-order valence-corrected chi connectivity index (χ2v) is 4.70. The molecule has 0 aromatic carbocycles. The van der Waals surface area contributed by atoms with Crippen LogP contribution < -0.4 is 0 Å². The van der Waals surface area contributed by atoms with Crippen LogP contribution in [0.15, 0.2) is 35.5 Å². The predicted molar refractivity (Wildman–Crippen MR) is 50.8 cm³/mol. The number of fused-ring (bicyclic) bond motifs is 5. The van der Waals surface area contributed by atoms with Gasteiger partial charge in [-0.1, -0.05) is 49.3 Å². The second-order valence-electron chi connectivity index (χ2n) is 4.70. The Kier molecular flexibility index (Phi) is 0.900. The number of rotatable bonds is 0. The molecule has 0 aromatic rings. The van der Waals surface area contributed by atoms with E-state index in [4.69, 9.17) is 0 Å². The van der Waals surface area contributed by atoms with E-state index >= 15 is 0 Å². The highest BCUT2D eigenvalue weighted by Gasteiger charge is 2.55. The molecule has 3 aliphatic carbocycles. The van der Waals surface area contributed by atoms with Gasteiger partial charge in [0.2, 0.25) is 0 Å². The molecule has 1 saturated carbocycles. The van der Waals surface area contributed by atoms with Gasteiger partial charge in [0.25, 0.3) is 0 Å². The van der Waals surface area contributed by atoms with Crippen molar-refractivity contribution in [1.82, 2.24) is 0 Å². The molecular weight excluding hydrogens is 144 g/mol. The third-order valence-electron chi connectivity index (χ3n) is 4.37. The summed E-state index contributed by atoms with van der Waals surface area (Å²) in [5, 5.41) is 0. The first-order valence-corrected chi connectivity index (χ1v) is 4.75. The predicted octanol–water partition coefficient (Wildman–Crippen LogP) is 3.23. The van der Waals surface area contributed by atoms with E-state index in [9.17, 15) is 0 Å². The molecular formula is C12H14. The Morgan fingerprint density at radius 3 is 2.67 bits per heavy atom. The highest BCUT2D eigenvalue weighted by Crippen LogP contribution is 2.66. The van der Waals surface area contributed by atoms with Crippen molar-refractivity contribution in [3.8, 4) is 0 Å². The molecule has 0 aromatic heterocycles. The molecule has 1 fully saturated rings. The van der Waals surface area contributed by atoms with Crippen LogP contribution >= 0.6 is 0 Å². The zero-order valence-electron chi connectivity index (χ0n) is 7.72. The van der Waals surface area contributed by atoms with Crippen LogP contribution in [0.1, 0.15) is 26.7 Å². The minimum Gasteiger partial charge on any atom is -0.0867 e. The van der Waals surface area contributed by atoms with Crippen molar-refractivity contribution < 1.29 is 0 Å². The van der Waals surface area contributed by atoms with Crippen LogP contribution in [0.4, 0.5) is 0 Å². The minimum absolute atomic E-state index is 0.372. The minimum atomic E-state index is 0.372. The van der Waals surface area contributed by atoms with Gasteiger partial charge in [-0.3, -0.25) is 0 Å². The standard InChI is InChI=1S/C12H14/c1-11-6-3-7-12(11,2)10-5-4-9(11)8-10/h3-6H,7-8H2,1-2H3/t11-,12-/m0/s1. The summed E-state index contributed by atoms with van der Waals surface area (Å²) >= 11 is 0. The molecule has 0 saturated heterocycles. The first-order chi connectivity index (χ1) is 5.67. The summed E-state index contributed by atoms with van der Waals surface area (Å²) in [5.41, 5.74) is 4.10. The Labute approximate surface area is 73.7 Å². The molecule has 0 spiro atoms. The Hall–Kier alpha value is -0.780. The average Bonchev–Trinajstić information content (AvgIpc) is 2.61.